The van der Waals surface area contributed by atoms with E-state index < -0.39 is 0 Å². The third-order valence-electron chi connectivity index (χ3n) is 2.02. The summed E-state index contributed by atoms with van der Waals surface area (Å²) in [4.78, 5) is 11.6. The third kappa shape index (κ3) is 4.82. The second-order valence-electron chi connectivity index (χ2n) is 3.98. The van der Waals surface area contributed by atoms with E-state index in [-0.39, 0.29) is 24.1 Å². The first-order valence-corrected chi connectivity index (χ1v) is 5.77. The van der Waals surface area contributed by atoms with E-state index in [1.807, 2.05) is 13.8 Å². The minimum atomic E-state index is -0.246. The molecular formula is C12H16N2O2S. The summed E-state index contributed by atoms with van der Waals surface area (Å²) in [5.74, 6) is -0.130. The number of aromatic hydroxyl groups is 1. The third-order valence-corrected chi connectivity index (χ3v) is 2.24. The number of nitrogens with one attached hydrogen (secondary N) is 2. The standard InChI is InChI=1S/C12H16N2O2S/c1-8(2)13-12(17)14-11(16)7-9-5-3-4-6-10(9)15/h3-6,8,15H,7H2,1-2H3,(H2,13,14,16,17). The van der Waals surface area contributed by atoms with Gasteiger partial charge in [-0.3, -0.25) is 4.79 Å². The average Bonchev–Trinajstić information content (AvgIpc) is 2.19. The Morgan fingerprint density at radius 3 is 2.65 bits per heavy atom. The Balaban J connectivity index is 2.51. The Kier molecular flexibility index (Phi) is 4.90. The van der Waals surface area contributed by atoms with Gasteiger partial charge in [-0.2, -0.15) is 0 Å². The Labute approximate surface area is 106 Å². The number of phenolic OH excluding ortho intramolecular Hbond substituents is 1. The van der Waals surface area contributed by atoms with Crippen LogP contribution in [0.25, 0.3) is 0 Å². The van der Waals surface area contributed by atoms with Crippen LogP contribution in [0.1, 0.15) is 19.4 Å². The number of benzene rings is 1. The number of amides is 1. The van der Waals surface area contributed by atoms with Gasteiger partial charge in [-0.1, -0.05) is 18.2 Å². The van der Waals surface area contributed by atoms with Gasteiger partial charge in [0.05, 0.1) is 6.42 Å². The summed E-state index contributed by atoms with van der Waals surface area (Å²) in [6.07, 6.45) is 0.104. The van der Waals surface area contributed by atoms with Gasteiger partial charge in [0.1, 0.15) is 5.75 Å². The van der Waals surface area contributed by atoms with Gasteiger partial charge < -0.3 is 15.7 Å². The van der Waals surface area contributed by atoms with Crippen molar-refractivity contribution in [3.8, 4) is 5.75 Å². The van der Waals surface area contributed by atoms with Crippen LogP contribution in [-0.2, 0) is 11.2 Å². The maximum absolute atomic E-state index is 11.6. The zero-order valence-electron chi connectivity index (χ0n) is 9.86. The largest absolute Gasteiger partial charge is 0.508 e. The highest BCUT2D eigenvalue weighted by molar-refractivity contribution is 7.80. The molecule has 0 radical (unpaired) electrons. The lowest BCUT2D eigenvalue weighted by Gasteiger charge is -2.12. The number of hydrogen-bond donors (Lipinski definition) is 3. The van der Waals surface area contributed by atoms with Crippen molar-refractivity contribution in [2.24, 2.45) is 0 Å². The predicted molar refractivity (Wildman–Crippen MR) is 70.8 cm³/mol. The summed E-state index contributed by atoms with van der Waals surface area (Å²) in [7, 11) is 0. The molecule has 0 saturated carbocycles. The van der Waals surface area contributed by atoms with Crippen LogP contribution in [0.5, 0.6) is 5.75 Å². The van der Waals surface area contributed by atoms with E-state index in [2.05, 4.69) is 10.6 Å². The zero-order chi connectivity index (χ0) is 12.8. The van der Waals surface area contributed by atoms with Crippen LogP contribution in [0.3, 0.4) is 0 Å². The average molecular weight is 252 g/mol. The van der Waals surface area contributed by atoms with E-state index in [4.69, 9.17) is 12.2 Å². The molecule has 0 heterocycles. The lowest BCUT2D eigenvalue weighted by Crippen LogP contribution is -2.42. The first-order valence-electron chi connectivity index (χ1n) is 5.36. The molecule has 0 atom stereocenters. The number of para-hydroxylation sites is 1. The van der Waals surface area contributed by atoms with E-state index in [1.54, 1.807) is 24.3 Å². The molecule has 1 aromatic rings. The van der Waals surface area contributed by atoms with E-state index in [9.17, 15) is 9.90 Å². The minimum absolute atomic E-state index is 0.104. The van der Waals surface area contributed by atoms with Crippen molar-refractivity contribution in [3.63, 3.8) is 0 Å². The molecule has 3 N–H and O–H groups in total. The van der Waals surface area contributed by atoms with Gasteiger partial charge in [-0.05, 0) is 32.1 Å². The van der Waals surface area contributed by atoms with Crippen LogP contribution in [-0.4, -0.2) is 22.2 Å². The second kappa shape index (κ2) is 6.20. The molecular weight excluding hydrogens is 236 g/mol. The van der Waals surface area contributed by atoms with E-state index >= 15 is 0 Å². The first kappa shape index (κ1) is 13.4. The fourth-order valence-corrected chi connectivity index (χ4v) is 1.65. The Morgan fingerprint density at radius 2 is 2.06 bits per heavy atom. The van der Waals surface area contributed by atoms with Crippen LogP contribution in [0.15, 0.2) is 24.3 Å². The normalized spacial score (nSPS) is 10.1. The number of phenols is 1. The van der Waals surface area contributed by atoms with Crippen molar-refractivity contribution >= 4 is 23.2 Å². The molecule has 0 spiro atoms. The van der Waals surface area contributed by atoms with Gasteiger partial charge in [0.15, 0.2) is 5.11 Å². The van der Waals surface area contributed by atoms with Crippen LogP contribution >= 0.6 is 12.2 Å². The molecule has 4 nitrogen and oxygen atoms in total. The van der Waals surface area contributed by atoms with Crippen molar-refractivity contribution in [3.05, 3.63) is 29.8 Å². The summed E-state index contributed by atoms with van der Waals surface area (Å²) >= 11 is 4.95. The number of hydrogen-bond acceptors (Lipinski definition) is 3. The lowest BCUT2D eigenvalue weighted by atomic mass is 10.1. The molecule has 0 aliphatic rings. The summed E-state index contributed by atoms with van der Waals surface area (Å²) < 4.78 is 0. The molecule has 5 heteroatoms. The van der Waals surface area contributed by atoms with Gasteiger partial charge in [0, 0.05) is 11.6 Å². The fourth-order valence-electron chi connectivity index (χ4n) is 1.30. The minimum Gasteiger partial charge on any atom is -0.508 e. The SMILES string of the molecule is CC(C)NC(=S)NC(=O)Cc1ccccc1O. The zero-order valence-corrected chi connectivity index (χ0v) is 10.7. The Hall–Kier alpha value is -1.62. The molecule has 1 rings (SSSR count). The molecule has 1 amide bonds. The molecule has 17 heavy (non-hydrogen) atoms. The van der Waals surface area contributed by atoms with Crippen LogP contribution in [0, 0.1) is 0 Å². The van der Waals surface area contributed by atoms with Crippen molar-refractivity contribution in [1.29, 1.82) is 0 Å². The Morgan fingerprint density at radius 1 is 1.41 bits per heavy atom. The molecule has 0 unspecified atom stereocenters. The molecule has 0 fully saturated rings. The number of thiocarbonyl (C=S) groups is 1. The first-order chi connectivity index (χ1) is 7.99. The highest BCUT2D eigenvalue weighted by atomic mass is 32.1. The summed E-state index contributed by atoms with van der Waals surface area (Å²) in [5.41, 5.74) is 0.581. The highest BCUT2D eigenvalue weighted by Crippen LogP contribution is 2.15. The van der Waals surface area contributed by atoms with E-state index in [1.165, 1.54) is 0 Å². The summed E-state index contributed by atoms with van der Waals surface area (Å²) in [6.45, 7) is 3.86. The van der Waals surface area contributed by atoms with Gasteiger partial charge >= 0.3 is 0 Å². The Bertz CT molecular complexity index is 419. The van der Waals surface area contributed by atoms with E-state index in [0.717, 1.165) is 0 Å². The smallest absolute Gasteiger partial charge is 0.230 e. The van der Waals surface area contributed by atoms with Crippen molar-refractivity contribution < 1.29 is 9.90 Å². The van der Waals surface area contributed by atoms with Crippen LogP contribution < -0.4 is 10.6 Å². The van der Waals surface area contributed by atoms with Crippen molar-refractivity contribution in [2.45, 2.75) is 26.3 Å². The van der Waals surface area contributed by atoms with Crippen molar-refractivity contribution in [2.75, 3.05) is 0 Å². The predicted octanol–water partition coefficient (Wildman–Crippen LogP) is 1.33. The maximum Gasteiger partial charge on any atom is 0.230 e. The summed E-state index contributed by atoms with van der Waals surface area (Å²) in [6, 6.07) is 6.91. The molecule has 1 aromatic carbocycles. The molecule has 92 valence electrons. The van der Waals surface area contributed by atoms with E-state index in [0.29, 0.717) is 10.7 Å². The molecule has 0 aromatic heterocycles. The van der Waals surface area contributed by atoms with Gasteiger partial charge in [0.25, 0.3) is 0 Å². The maximum atomic E-state index is 11.6. The van der Waals surface area contributed by atoms with Gasteiger partial charge in [-0.15, -0.1) is 0 Å². The number of rotatable bonds is 3. The fraction of sp³-hybridized carbons (Fsp3) is 0.333. The van der Waals surface area contributed by atoms with Crippen molar-refractivity contribution in [1.82, 2.24) is 10.6 Å². The van der Waals surface area contributed by atoms with Crippen LogP contribution in [0.4, 0.5) is 0 Å². The monoisotopic (exact) mass is 252 g/mol. The molecule has 0 aliphatic heterocycles. The molecule has 0 bridgehead atoms. The topological polar surface area (TPSA) is 61.4 Å². The van der Waals surface area contributed by atoms with Gasteiger partial charge in [0.2, 0.25) is 5.91 Å². The lowest BCUT2D eigenvalue weighted by molar-refractivity contribution is -0.119. The molecule has 0 aliphatic carbocycles. The number of carbonyl (C=O) groups excluding carboxylic acids is 1. The van der Waals surface area contributed by atoms with Crippen LogP contribution in [0.2, 0.25) is 0 Å². The highest BCUT2D eigenvalue weighted by Gasteiger charge is 2.08. The summed E-state index contributed by atoms with van der Waals surface area (Å²) in [5, 5.41) is 15.3. The number of carbonyl (C=O) groups is 1. The quantitative estimate of drug-likeness (QED) is 0.710. The van der Waals surface area contributed by atoms with Gasteiger partial charge in [-0.25, -0.2) is 0 Å². The molecule has 0 saturated heterocycles. The second-order valence-corrected chi connectivity index (χ2v) is 4.39.